The van der Waals surface area contributed by atoms with Gasteiger partial charge in [0.1, 0.15) is 5.82 Å². The predicted octanol–water partition coefficient (Wildman–Crippen LogP) is 3.17. The smallest absolute Gasteiger partial charge is 0.164 e. The van der Waals surface area contributed by atoms with E-state index in [4.69, 9.17) is 5.10 Å². The largest absolute Gasteiger partial charge is 0.346 e. The third kappa shape index (κ3) is 2.93. The Hall–Kier alpha value is -2.27. The van der Waals surface area contributed by atoms with Crippen molar-refractivity contribution in [3.63, 3.8) is 0 Å². The van der Waals surface area contributed by atoms with Crippen molar-refractivity contribution in [2.24, 2.45) is 7.05 Å². The highest BCUT2D eigenvalue weighted by Crippen LogP contribution is 2.34. The molecule has 1 aromatic heterocycles. The van der Waals surface area contributed by atoms with Gasteiger partial charge in [-0.3, -0.25) is 4.68 Å². The van der Waals surface area contributed by atoms with Crippen molar-refractivity contribution in [2.45, 2.75) is 25.2 Å². The number of aryl methyl sites for hydroxylation is 1. The average Bonchev–Trinajstić information content (AvgIpc) is 2.92. The quantitative estimate of drug-likeness (QED) is 0.913. The lowest BCUT2D eigenvalue weighted by Crippen LogP contribution is -2.37. The van der Waals surface area contributed by atoms with Crippen LogP contribution >= 0.6 is 0 Å². The molecule has 1 N–H and O–H groups in total. The van der Waals surface area contributed by atoms with Crippen molar-refractivity contribution in [3.05, 3.63) is 48.4 Å². The van der Waals surface area contributed by atoms with Gasteiger partial charge in [-0.2, -0.15) is 5.10 Å². The molecule has 4 rings (SSSR count). The van der Waals surface area contributed by atoms with E-state index in [1.807, 2.05) is 11.7 Å². The van der Waals surface area contributed by atoms with Crippen molar-refractivity contribution in [3.8, 4) is 0 Å². The zero-order valence-electron chi connectivity index (χ0n) is 15.3. The number of rotatable bonds is 2. The molecule has 2 fully saturated rings. The second-order valence-corrected chi connectivity index (χ2v) is 7.38. The maximum atomic E-state index is 4.79. The molecule has 5 nitrogen and oxygen atoms in total. The molecule has 3 heterocycles. The van der Waals surface area contributed by atoms with E-state index in [0.29, 0.717) is 5.92 Å². The first-order chi connectivity index (χ1) is 12.0. The molecule has 1 aromatic carbocycles. The van der Waals surface area contributed by atoms with Crippen LogP contribution in [-0.2, 0) is 7.05 Å². The van der Waals surface area contributed by atoms with E-state index >= 15 is 0 Å². The summed E-state index contributed by atoms with van der Waals surface area (Å²) in [5.74, 6) is 2.50. The fraction of sp³-hybridized carbons (Fsp3) is 0.450. The Bertz CT molecular complexity index is 826. The van der Waals surface area contributed by atoms with Crippen LogP contribution in [0.25, 0.3) is 10.9 Å². The van der Waals surface area contributed by atoms with Gasteiger partial charge >= 0.3 is 0 Å². The first-order valence-electron chi connectivity index (χ1n) is 9.09. The summed E-state index contributed by atoms with van der Waals surface area (Å²) >= 11 is 0. The number of anilines is 1. The first kappa shape index (κ1) is 16.2. The van der Waals surface area contributed by atoms with Gasteiger partial charge in [0.2, 0.25) is 0 Å². The van der Waals surface area contributed by atoms with Crippen molar-refractivity contribution in [1.82, 2.24) is 20.0 Å². The molecule has 0 aliphatic carbocycles. The first-order valence-corrected chi connectivity index (χ1v) is 9.09. The highest BCUT2D eigenvalue weighted by Gasteiger charge is 2.23. The number of benzene rings is 1. The number of piperidine rings is 1. The SMILES string of the molecule is C=C1CCN(c2nn(C)c3cc(C4CCN(C)CC4)ccc23)C(=C)N1. The zero-order valence-corrected chi connectivity index (χ0v) is 15.3. The number of hydrogen-bond donors (Lipinski definition) is 1. The topological polar surface area (TPSA) is 36.3 Å². The highest BCUT2D eigenvalue weighted by atomic mass is 15.4. The molecule has 0 saturated carbocycles. The summed E-state index contributed by atoms with van der Waals surface area (Å²) in [6, 6.07) is 6.87. The lowest BCUT2D eigenvalue weighted by molar-refractivity contribution is 0.255. The van der Waals surface area contributed by atoms with E-state index in [0.717, 1.165) is 30.3 Å². The molecule has 0 unspecified atom stereocenters. The van der Waals surface area contributed by atoms with Crippen LogP contribution in [0, 0.1) is 0 Å². The zero-order chi connectivity index (χ0) is 17.6. The lowest BCUT2D eigenvalue weighted by atomic mass is 9.89. The van der Waals surface area contributed by atoms with Crippen LogP contribution in [0.3, 0.4) is 0 Å². The molecule has 2 aliphatic heterocycles. The van der Waals surface area contributed by atoms with Gasteiger partial charge in [0, 0.05) is 31.1 Å². The van der Waals surface area contributed by atoms with Gasteiger partial charge < -0.3 is 15.1 Å². The molecule has 5 heteroatoms. The van der Waals surface area contributed by atoms with Gasteiger partial charge in [0.15, 0.2) is 5.82 Å². The van der Waals surface area contributed by atoms with Crippen LogP contribution in [0.15, 0.2) is 42.9 Å². The summed E-state index contributed by atoms with van der Waals surface area (Å²) in [6.45, 7) is 11.4. The van der Waals surface area contributed by atoms with Gasteiger partial charge in [-0.25, -0.2) is 0 Å². The van der Waals surface area contributed by atoms with E-state index in [1.54, 1.807) is 0 Å². The van der Waals surface area contributed by atoms with Crippen LogP contribution in [-0.4, -0.2) is 41.4 Å². The second-order valence-electron chi connectivity index (χ2n) is 7.38. The molecule has 132 valence electrons. The monoisotopic (exact) mass is 337 g/mol. The Kier molecular flexibility index (Phi) is 4.04. The predicted molar refractivity (Wildman–Crippen MR) is 104 cm³/mol. The molecular weight excluding hydrogens is 310 g/mol. The van der Waals surface area contributed by atoms with Crippen LogP contribution in [0.1, 0.15) is 30.7 Å². The number of aromatic nitrogens is 2. The Labute approximate surface area is 149 Å². The lowest BCUT2D eigenvalue weighted by Gasteiger charge is -2.31. The highest BCUT2D eigenvalue weighted by molar-refractivity contribution is 5.92. The molecule has 0 radical (unpaired) electrons. The van der Waals surface area contributed by atoms with Crippen molar-refractivity contribution < 1.29 is 0 Å². The van der Waals surface area contributed by atoms with Gasteiger partial charge in [0.05, 0.1) is 5.52 Å². The third-order valence-corrected chi connectivity index (χ3v) is 5.59. The molecule has 2 aromatic rings. The summed E-state index contributed by atoms with van der Waals surface area (Å²) in [5, 5.41) is 9.23. The maximum absolute atomic E-state index is 4.79. The fourth-order valence-corrected chi connectivity index (χ4v) is 4.00. The second kappa shape index (κ2) is 6.23. The molecule has 2 saturated heterocycles. The molecule has 0 amide bonds. The summed E-state index contributed by atoms with van der Waals surface area (Å²) < 4.78 is 2.00. The van der Waals surface area contributed by atoms with E-state index in [-0.39, 0.29) is 0 Å². The maximum Gasteiger partial charge on any atom is 0.164 e. The minimum absolute atomic E-state index is 0.661. The van der Waals surface area contributed by atoms with E-state index < -0.39 is 0 Å². The summed E-state index contributed by atoms with van der Waals surface area (Å²) in [4.78, 5) is 4.58. The van der Waals surface area contributed by atoms with Crippen molar-refractivity contribution in [1.29, 1.82) is 0 Å². The summed E-state index contributed by atoms with van der Waals surface area (Å²) in [6.07, 6.45) is 3.38. The Morgan fingerprint density at radius 3 is 2.60 bits per heavy atom. The van der Waals surface area contributed by atoms with Crippen LogP contribution in [0.4, 0.5) is 5.82 Å². The Morgan fingerprint density at radius 1 is 1.12 bits per heavy atom. The summed E-state index contributed by atoms with van der Waals surface area (Å²) in [5.41, 5.74) is 3.66. The van der Waals surface area contributed by atoms with Crippen molar-refractivity contribution in [2.75, 3.05) is 31.6 Å². The molecule has 2 aliphatic rings. The Morgan fingerprint density at radius 2 is 1.88 bits per heavy atom. The van der Waals surface area contributed by atoms with Crippen LogP contribution in [0.5, 0.6) is 0 Å². The molecule has 0 spiro atoms. The van der Waals surface area contributed by atoms with Crippen LogP contribution in [0.2, 0.25) is 0 Å². The number of nitrogens with one attached hydrogen (secondary N) is 1. The number of nitrogens with zero attached hydrogens (tertiary/aromatic N) is 4. The summed E-state index contributed by atoms with van der Waals surface area (Å²) in [7, 11) is 4.24. The molecular formula is C20H27N5. The van der Waals surface area contributed by atoms with E-state index in [9.17, 15) is 0 Å². The van der Waals surface area contributed by atoms with E-state index in [2.05, 4.69) is 53.5 Å². The minimum Gasteiger partial charge on any atom is -0.346 e. The third-order valence-electron chi connectivity index (χ3n) is 5.59. The standard InChI is InChI=1S/C20H27N5/c1-14-7-12-25(15(2)21-14)20-18-6-5-17(13-19(18)24(4)22-20)16-8-10-23(3)11-9-16/h5-6,13,16,21H,1-2,7-12H2,3-4H3. The minimum atomic E-state index is 0.661. The van der Waals surface area contributed by atoms with E-state index in [1.165, 1.54) is 42.4 Å². The van der Waals surface area contributed by atoms with Gasteiger partial charge in [-0.15, -0.1) is 0 Å². The van der Waals surface area contributed by atoms with Gasteiger partial charge in [0.25, 0.3) is 0 Å². The number of fused-ring (bicyclic) bond motifs is 1. The number of likely N-dealkylation sites (tertiary alicyclic amines) is 1. The van der Waals surface area contributed by atoms with Crippen LogP contribution < -0.4 is 10.2 Å². The Balaban J connectivity index is 1.67. The average molecular weight is 337 g/mol. The molecule has 0 bridgehead atoms. The molecule has 0 atom stereocenters. The van der Waals surface area contributed by atoms with Crippen molar-refractivity contribution >= 4 is 16.7 Å². The molecule has 25 heavy (non-hydrogen) atoms. The number of hydrogen-bond acceptors (Lipinski definition) is 4. The normalized spacial score (nSPS) is 20.3. The fourth-order valence-electron chi connectivity index (χ4n) is 4.00. The van der Waals surface area contributed by atoms with Gasteiger partial charge in [-0.05, 0) is 56.6 Å². The van der Waals surface area contributed by atoms with Gasteiger partial charge in [-0.1, -0.05) is 19.2 Å².